The van der Waals surface area contributed by atoms with Gasteiger partial charge in [0.25, 0.3) is 0 Å². The fourth-order valence-corrected chi connectivity index (χ4v) is 5.13. The molecule has 1 N–H and O–H groups in total. The van der Waals surface area contributed by atoms with Gasteiger partial charge in [-0.15, -0.1) is 0 Å². The molecule has 0 fully saturated rings. The molecule has 0 aliphatic carbocycles. The maximum atomic E-state index is 13.4. The average molecular weight is 573 g/mol. The van der Waals surface area contributed by atoms with Gasteiger partial charge in [0.2, 0.25) is 21.8 Å². The van der Waals surface area contributed by atoms with Crippen LogP contribution in [0, 0.1) is 5.92 Å². The molecule has 1 atom stereocenters. The van der Waals surface area contributed by atoms with Crippen molar-refractivity contribution in [3.05, 3.63) is 58.1 Å². The van der Waals surface area contributed by atoms with Crippen molar-refractivity contribution in [3.8, 4) is 5.75 Å². The number of benzene rings is 2. The predicted octanol–water partition coefficient (Wildman–Crippen LogP) is 4.74. The number of nitrogens with zero attached hydrogens (tertiary/aromatic N) is 2. The summed E-state index contributed by atoms with van der Waals surface area (Å²) < 4.78 is 31.4. The van der Waals surface area contributed by atoms with Crippen molar-refractivity contribution < 1.29 is 22.7 Å². The highest BCUT2D eigenvalue weighted by atomic mass is 35.5. The molecule has 8 nitrogen and oxygen atoms in total. The number of anilines is 1. The third-order valence-electron chi connectivity index (χ3n) is 5.74. The van der Waals surface area contributed by atoms with E-state index in [1.54, 1.807) is 49.4 Å². The highest BCUT2D eigenvalue weighted by molar-refractivity contribution is 7.92. The second-order valence-electron chi connectivity index (χ2n) is 9.18. The van der Waals surface area contributed by atoms with Gasteiger partial charge < -0.3 is 15.0 Å². The summed E-state index contributed by atoms with van der Waals surface area (Å²) in [4.78, 5) is 27.7. The smallest absolute Gasteiger partial charge is 0.242 e. The first-order valence-electron chi connectivity index (χ1n) is 12.0. The second kappa shape index (κ2) is 13.9. The zero-order chi connectivity index (χ0) is 27.8. The first kappa shape index (κ1) is 30.7. The van der Waals surface area contributed by atoms with Crippen LogP contribution < -0.4 is 14.4 Å². The molecule has 0 radical (unpaired) electrons. The topological polar surface area (TPSA) is 96.0 Å². The summed E-state index contributed by atoms with van der Waals surface area (Å²) in [6.45, 7) is 6.20. The van der Waals surface area contributed by atoms with Gasteiger partial charge in [-0.1, -0.05) is 49.2 Å². The molecule has 37 heavy (non-hydrogen) atoms. The zero-order valence-electron chi connectivity index (χ0n) is 21.8. The number of amides is 2. The van der Waals surface area contributed by atoms with E-state index in [0.717, 1.165) is 6.26 Å². The number of sulfonamides is 1. The molecule has 0 saturated heterocycles. The van der Waals surface area contributed by atoms with E-state index in [1.165, 1.54) is 16.3 Å². The maximum Gasteiger partial charge on any atom is 0.242 e. The molecule has 0 aliphatic rings. The summed E-state index contributed by atoms with van der Waals surface area (Å²) in [5, 5.41) is 3.64. The van der Waals surface area contributed by atoms with Gasteiger partial charge in [0.1, 0.15) is 11.8 Å². The second-order valence-corrected chi connectivity index (χ2v) is 11.9. The van der Waals surface area contributed by atoms with Crippen molar-refractivity contribution in [2.45, 2.75) is 46.2 Å². The summed E-state index contributed by atoms with van der Waals surface area (Å²) in [5.74, 6) is 0.157. The Bertz CT molecular complexity index is 1170. The summed E-state index contributed by atoms with van der Waals surface area (Å²) >= 11 is 12.7. The largest absolute Gasteiger partial charge is 0.497 e. The van der Waals surface area contributed by atoms with Crippen LogP contribution in [0.15, 0.2) is 42.5 Å². The monoisotopic (exact) mass is 571 g/mol. The Morgan fingerprint density at radius 2 is 1.68 bits per heavy atom. The first-order chi connectivity index (χ1) is 17.3. The molecule has 2 rings (SSSR count). The van der Waals surface area contributed by atoms with Gasteiger partial charge in [-0.25, -0.2) is 8.42 Å². The highest BCUT2D eigenvalue weighted by Gasteiger charge is 2.28. The summed E-state index contributed by atoms with van der Waals surface area (Å²) in [5.41, 5.74) is 0.979. The SMILES string of the molecule is COc1cccc(N(CCCC(=O)N(Cc2c(Cl)cccc2Cl)[C@@H](C)C(=O)NCC(C)C)S(C)(=O)=O)c1. The van der Waals surface area contributed by atoms with E-state index < -0.39 is 16.1 Å². The number of carbonyl (C=O) groups excluding carboxylic acids is 2. The van der Waals surface area contributed by atoms with E-state index in [4.69, 9.17) is 27.9 Å². The molecule has 0 aromatic heterocycles. The van der Waals surface area contributed by atoms with E-state index >= 15 is 0 Å². The summed E-state index contributed by atoms with van der Waals surface area (Å²) in [6.07, 6.45) is 1.36. The van der Waals surface area contributed by atoms with E-state index in [-0.39, 0.29) is 43.7 Å². The number of rotatable bonds is 13. The average Bonchev–Trinajstić information content (AvgIpc) is 2.83. The highest BCUT2D eigenvalue weighted by Crippen LogP contribution is 2.27. The molecule has 0 aliphatic heterocycles. The lowest BCUT2D eigenvalue weighted by molar-refractivity contribution is -0.140. The Labute approximate surface area is 229 Å². The Morgan fingerprint density at radius 1 is 1.05 bits per heavy atom. The molecule has 0 spiro atoms. The lowest BCUT2D eigenvalue weighted by Crippen LogP contribution is -2.48. The quantitative estimate of drug-likeness (QED) is 0.374. The molecule has 2 amide bonds. The van der Waals surface area contributed by atoms with Gasteiger partial charge >= 0.3 is 0 Å². The van der Waals surface area contributed by atoms with Crippen LogP contribution in [0.3, 0.4) is 0 Å². The van der Waals surface area contributed by atoms with Gasteiger partial charge in [-0.2, -0.15) is 0 Å². The number of carbonyl (C=O) groups is 2. The number of nitrogens with one attached hydrogen (secondary N) is 1. The van der Waals surface area contributed by atoms with Crippen LogP contribution in [0.5, 0.6) is 5.75 Å². The van der Waals surface area contributed by atoms with Crippen LogP contribution in [-0.4, -0.2) is 57.6 Å². The minimum Gasteiger partial charge on any atom is -0.497 e. The van der Waals surface area contributed by atoms with Crippen molar-refractivity contribution in [2.24, 2.45) is 5.92 Å². The lowest BCUT2D eigenvalue weighted by atomic mass is 10.1. The number of methoxy groups -OCH3 is 1. The predicted molar refractivity (Wildman–Crippen MR) is 149 cm³/mol. The Balaban J connectivity index is 2.22. The molecule has 2 aromatic rings. The molecular formula is C26H35Cl2N3O5S. The number of ether oxygens (including phenoxy) is 1. The Kier molecular flexibility index (Phi) is 11.5. The van der Waals surface area contributed by atoms with Gasteiger partial charge in [0, 0.05) is 47.7 Å². The third kappa shape index (κ3) is 9.09. The molecule has 0 unspecified atom stereocenters. The van der Waals surface area contributed by atoms with Gasteiger partial charge in [0.05, 0.1) is 19.1 Å². The number of hydrogen-bond donors (Lipinski definition) is 1. The number of hydrogen-bond acceptors (Lipinski definition) is 5. The van der Waals surface area contributed by atoms with Crippen LogP contribution in [0.25, 0.3) is 0 Å². The molecule has 204 valence electrons. The van der Waals surface area contributed by atoms with Crippen LogP contribution in [-0.2, 0) is 26.2 Å². The lowest BCUT2D eigenvalue weighted by Gasteiger charge is -2.30. The van der Waals surface area contributed by atoms with E-state index in [1.807, 2.05) is 13.8 Å². The van der Waals surface area contributed by atoms with Crippen LogP contribution >= 0.6 is 23.2 Å². The Morgan fingerprint density at radius 3 is 2.24 bits per heavy atom. The van der Waals surface area contributed by atoms with E-state index in [9.17, 15) is 18.0 Å². The summed E-state index contributed by atoms with van der Waals surface area (Å²) in [7, 11) is -2.11. The summed E-state index contributed by atoms with van der Waals surface area (Å²) in [6, 6.07) is 11.0. The minimum absolute atomic E-state index is 0.0138. The minimum atomic E-state index is -3.61. The van der Waals surface area contributed by atoms with Crippen molar-refractivity contribution in [2.75, 3.05) is 30.8 Å². The molecule has 0 heterocycles. The fraction of sp³-hybridized carbons (Fsp3) is 0.462. The third-order valence-corrected chi connectivity index (χ3v) is 7.64. The molecule has 11 heteroatoms. The van der Waals surface area contributed by atoms with Crippen LogP contribution in [0.2, 0.25) is 10.0 Å². The van der Waals surface area contributed by atoms with Crippen molar-refractivity contribution in [1.82, 2.24) is 10.2 Å². The maximum absolute atomic E-state index is 13.4. The van der Waals surface area contributed by atoms with E-state index in [2.05, 4.69) is 5.32 Å². The van der Waals surface area contributed by atoms with Crippen LogP contribution in [0.1, 0.15) is 39.2 Å². The van der Waals surface area contributed by atoms with Crippen molar-refractivity contribution >= 4 is 50.7 Å². The van der Waals surface area contributed by atoms with Gasteiger partial charge in [0.15, 0.2) is 0 Å². The van der Waals surface area contributed by atoms with E-state index in [0.29, 0.717) is 33.6 Å². The zero-order valence-corrected chi connectivity index (χ0v) is 24.2. The van der Waals surface area contributed by atoms with Crippen LogP contribution in [0.4, 0.5) is 5.69 Å². The Hall–Kier alpha value is -2.49. The normalized spacial score (nSPS) is 12.2. The first-order valence-corrected chi connectivity index (χ1v) is 14.6. The molecule has 0 saturated carbocycles. The molecule has 2 aromatic carbocycles. The van der Waals surface area contributed by atoms with Gasteiger partial charge in [-0.3, -0.25) is 13.9 Å². The molecular weight excluding hydrogens is 537 g/mol. The van der Waals surface area contributed by atoms with Crippen molar-refractivity contribution in [3.63, 3.8) is 0 Å². The van der Waals surface area contributed by atoms with Gasteiger partial charge in [-0.05, 0) is 43.5 Å². The van der Waals surface area contributed by atoms with Crippen molar-refractivity contribution in [1.29, 1.82) is 0 Å². The number of halogens is 2. The standard InChI is InChI=1S/C26H35Cl2N3O5S/c1-18(2)16-29-26(33)19(3)30(17-22-23(27)11-7-12-24(22)28)25(32)13-8-14-31(37(5,34)35)20-9-6-10-21(15-20)36-4/h6-7,9-12,15,18-19H,8,13-14,16-17H2,1-5H3,(H,29,33)/t19-/m0/s1. The molecule has 0 bridgehead atoms. The fourth-order valence-electron chi connectivity index (χ4n) is 3.66.